The van der Waals surface area contributed by atoms with E-state index in [9.17, 15) is 8.78 Å². The van der Waals surface area contributed by atoms with Gasteiger partial charge in [0.1, 0.15) is 5.83 Å². The Morgan fingerprint density at radius 3 is 2.00 bits per heavy atom. The summed E-state index contributed by atoms with van der Waals surface area (Å²) in [5, 5.41) is 0. The third-order valence-electron chi connectivity index (χ3n) is 6.16. The zero-order valence-corrected chi connectivity index (χ0v) is 18.4. The first-order valence-electron chi connectivity index (χ1n) is 11.6. The molecule has 0 heterocycles. The van der Waals surface area contributed by atoms with Crippen molar-refractivity contribution in [1.29, 1.82) is 0 Å². The van der Waals surface area contributed by atoms with Gasteiger partial charge in [-0.2, -0.15) is 0 Å². The largest absolute Gasteiger partial charge is 0.239 e. The molecule has 0 bridgehead atoms. The van der Waals surface area contributed by atoms with Crippen molar-refractivity contribution in [1.82, 2.24) is 0 Å². The van der Waals surface area contributed by atoms with E-state index in [4.69, 9.17) is 0 Å². The Kier molecular flexibility index (Phi) is 8.57. The predicted molar refractivity (Wildman–Crippen MR) is 125 cm³/mol. The van der Waals surface area contributed by atoms with Crippen molar-refractivity contribution in [3.05, 3.63) is 78.1 Å². The second-order valence-corrected chi connectivity index (χ2v) is 8.51. The van der Waals surface area contributed by atoms with Gasteiger partial charge in [0.05, 0.1) is 0 Å². The molecule has 2 aromatic carbocycles. The average molecular weight is 427 g/mol. The molecule has 0 aliphatic heterocycles. The van der Waals surface area contributed by atoms with Crippen LogP contribution in [-0.4, -0.2) is 11.8 Å². The van der Waals surface area contributed by atoms with E-state index in [1.807, 2.05) is 54.6 Å². The Hall–Kier alpha value is -2.29. The molecule has 0 fully saturated rings. The molecule has 0 radical (unpaired) electrons. The van der Waals surface area contributed by atoms with Gasteiger partial charge in [0.2, 0.25) is 0 Å². The van der Waals surface area contributed by atoms with E-state index in [2.05, 4.69) is 6.92 Å². The van der Waals surface area contributed by atoms with Crippen LogP contribution in [0.1, 0.15) is 70.3 Å². The summed E-state index contributed by atoms with van der Waals surface area (Å²) in [7, 11) is 0. The van der Waals surface area contributed by atoms with Gasteiger partial charge >= 0.3 is 0 Å². The second kappa shape index (κ2) is 11.4. The Morgan fingerprint density at radius 1 is 0.774 bits per heavy atom. The van der Waals surface area contributed by atoms with Crippen LogP contribution >= 0.6 is 0 Å². The van der Waals surface area contributed by atoms with Crippen molar-refractivity contribution in [2.45, 2.75) is 76.6 Å². The van der Waals surface area contributed by atoms with Crippen molar-refractivity contribution < 1.29 is 13.2 Å². The fourth-order valence-electron chi connectivity index (χ4n) is 4.27. The minimum Gasteiger partial charge on any atom is -0.239 e. The van der Waals surface area contributed by atoms with E-state index < -0.39 is 17.7 Å². The molecule has 0 N–H and O–H groups in total. The smallest absolute Gasteiger partial charge is 0.196 e. The molecule has 2 unspecified atom stereocenters. The van der Waals surface area contributed by atoms with Crippen LogP contribution < -0.4 is 0 Å². The number of benzene rings is 2. The van der Waals surface area contributed by atoms with Gasteiger partial charge in [0.15, 0.2) is 11.8 Å². The van der Waals surface area contributed by atoms with Gasteiger partial charge < -0.3 is 0 Å². The summed E-state index contributed by atoms with van der Waals surface area (Å²) >= 11 is 0. The third kappa shape index (κ3) is 5.90. The number of rotatable bonds is 11. The van der Waals surface area contributed by atoms with Gasteiger partial charge in [-0.1, -0.05) is 106 Å². The van der Waals surface area contributed by atoms with E-state index in [-0.39, 0.29) is 6.42 Å². The van der Waals surface area contributed by atoms with E-state index in [1.54, 1.807) is 0 Å². The lowest BCUT2D eigenvalue weighted by Gasteiger charge is -2.30. The van der Waals surface area contributed by atoms with Crippen LogP contribution in [0.25, 0.3) is 16.7 Å². The second-order valence-electron chi connectivity index (χ2n) is 8.51. The van der Waals surface area contributed by atoms with Crippen LogP contribution in [0.15, 0.2) is 72.6 Å². The average Bonchev–Trinajstić information content (AvgIpc) is 2.80. The maximum absolute atomic E-state index is 15.3. The third-order valence-corrected chi connectivity index (χ3v) is 6.16. The van der Waals surface area contributed by atoms with E-state index in [0.717, 1.165) is 30.4 Å². The minimum absolute atomic E-state index is 0.116. The highest BCUT2D eigenvalue weighted by Gasteiger charge is 2.45. The van der Waals surface area contributed by atoms with Gasteiger partial charge in [-0.3, -0.25) is 0 Å². The number of hydrogen-bond donors (Lipinski definition) is 0. The summed E-state index contributed by atoms with van der Waals surface area (Å²) in [6.07, 6.45) is 8.60. The summed E-state index contributed by atoms with van der Waals surface area (Å²) in [6.45, 7) is 2.18. The van der Waals surface area contributed by atoms with Crippen LogP contribution in [0.4, 0.5) is 13.2 Å². The Labute approximate surface area is 184 Å². The number of hydrogen-bond acceptors (Lipinski definition) is 0. The molecule has 31 heavy (non-hydrogen) atoms. The normalized spacial score (nSPS) is 21.0. The van der Waals surface area contributed by atoms with Gasteiger partial charge in [0.25, 0.3) is 0 Å². The first-order chi connectivity index (χ1) is 15.1. The molecule has 166 valence electrons. The van der Waals surface area contributed by atoms with Crippen molar-refractivity contribution in [2.75, 3.05) is 0 Å². The lowest BCUT2D eigenvalue weighted by atomic mass is 9.83. The SMILES string of the molecule is CCCCCCCCCCC1(F)C(F)=CC(c2ccccc2-c2ccccc2)=CC1F. The maximum atomic E-state index is 15.3. The molecule has 2 aromatic rings. The van der Waals surface area contributed by atoms with Gasteiger partial charge in [-0.15, -0.1) is 0 Å². The van der Waals surface area contributed by atoms with E-state index in [1.165, 1.54) is 37.8 Å². The molecule has 3 rings (SSSR count). The molecule has 0 spiro atoms. The van der Waals surface area contributed by atoms with Crippen molar-refractivity contribution in [3.63, 3.8) is 0 Å². The van der Waals surface area contributed by atoms with E-state index in [0.29, 0.717) is 17.6 Å². The highest BCUT2D eigenvalue weighted by Crippen LogP contribution is 2.43. The standard InChI is InChI=1S/C28H33F3/c1-2-3-4-5-6-7-8-14-19-28(31)26(29)20-23(21-27(28)30)25-18-13-12-17-24(25)22-15-10-9-11-16-22/h9-13,15-18,20-21,26H,2-8,14,19H2,1H3. The van der Waals surface area contributed by atoms with Crippen LogP contribution in [-0.2, 0) is 0 Å². The Bertz CT molecular complexity index is 884. The number of halogens is 3. The molecule has 3 heteroatoms. The van der Waals surface area contributed by atoms with Crippen molar-refractivity contribution in [2.24, 2.45) is 0 Å². The maximum Gasteiger partial charge on any atom is 0.196 e. The van der Waals surface area contributed by atoms with Crippen LogP contribution in [0.5, 0.6) is 0 Å². The number of allylic oxidation sites excluding steroid dienone is 4. The Morgan fingerprint density at radius 2 is 1.35 bits per heavy atom. The summed E-state index contributed by atoms with van der Waals surface area (Å²) in [4.78, 5) is 0. The molecule has 0 saturated heterocycles. The monoisotopic (exact) mass is 426 g/mol. The number of alkyl halides is 2. The number of unbranched alkanes of at least 4 members (excludes halogenated alkanes) is 7. The summed E-state index contributed by atoms with van der Waals surface area (Å²) in [5.74, 6) is -0.997. The molecular formula is C28H33F3. The highest BCUT2D eigenvalue weighted by atomic mass is 19.2. The van der Waals surface area contributed by atoms with Crippen molar-refractivity contribution >= 4 is 5.57 Å². The fraction of sp³-hybridized carbons (Fsp3) is 0.429. The predicted octanol–water partition coefficient (Wildman–Crippen LogP) is 9.18. The molecule has 0 amide bonds. The Balaban J connectivity index is 1.66. The molecule has 1 aliphatic carbocycles. The van der Waals surface area contributed by atoms with Crippen LogP contribution in [0, 0.1) is 0 Å². The summed E-state index contributed by atoms with van der Waals surface area (Å²) in [5.41, 5.74) is 0.390. The van der Waals surface area contributed by atoms with Crippen molar-refractivity contribution in [3.8, 4) is 11.1 Å². The molecule has 0 saturated carbocycles. The molecule has 2 atom stereocenters. The molecule has 1 aliphatic rings. The lowest BCUT2D eigenvalue weighted by Crippen LogP contribution is -2.36. The topological polar surface area (TPSA) is 0 Å². The highest BCUT2D eigenvalue weighted by molar-refractivity contribution is 5.87. The van der Waals surface area contributed by atoms with E-state index >= 15 is 4.39 Å². The van der Waals surface area contributed by atoms with Gasteiger partial charge in [0, 0.05) is 0 Å². The molecule has 0 aromatic heterocycles. The fourth-order valence-corrected chi connectivity index (χ4v) is 4.27. The van der Waals surface area contributed by atoms with Gasteiger partial charge in [-0.05, 0) is 47.3 Å². The lowest BCUT2D eigenvalue weighted by molar-refractivity contribution is 0.0760. The summed E-state index contributed by atoms with van der Waals surface area (Å²) < 4.78 is 45.1. The first-order valence-corrected chi connectivity index (χ1v) is 11.6. The molecular weight excluding hydrogens is 393 g/mol. The summed E-state index contributed by atoms with van der Waals surface area (Å²) in [6, 6.07) is 17.2. The van der Waals surface area contributed by atoms with Crippen LogP contribution in [0.2, 0.25) is 0 Å². The van der Waals surface area contributed by atoms with Crippen LogP contribution in [0.3, 0.4) is 0 Å². The molecule has 0 nitrogen and oxygen atoms in total. The van der Waals surface area contributed by atoms with Gasteiger partial charge in [-0.25, -0.2) is 13.2 Å². The zero-order chi connectivity index (χ0) is 22.1. The zero-order valence-electron chi connectivity index (χ0n) is 18.4. The first kappa shape index (κ1) is 23.4. The quantitative estimate of drug-likeness (QED) is 0.314. The minimum atomic E-state index is -2.55.